The van der Waals surface area contributed by atoms with Gasteiger partial charge in [0.1, 0.15) is 11.9 Å². The monoisotopic (exact) mass is 328 g/mol. The lowest BCUT2D eigenvalue weighted by atomic mass is 10.0. The summed E-state index contributed by atoms with van der Waals surface area (Å²) in [5.74, 6) is -0.226. The molecule has 1 aliphatic heterocycles. The summed E-state index contributed by atoms with van der Waals surface area (Å²) >= 11 is 0. The number of hydrogen-bond donors (Lipinski definition) is 0. The molecule has 2 heterocycles. The van der Waals surface area contributed by atoms with E-state index < -0.39 is 6.10 Å². The summed E-state index contributed by atoms with van der Waals surface area (Å²) < 4.78 is 20.9. The van der Waals surface area contributed by atoms with Crippen LogP contribution in [0.3, 0.4) is 0 Å². The van der Waals surface area contributed by atoms with Crippen LogP contribution in [0.15, 0.2) is 36.5 Å². The van der Waals surface area contributed by atoms with Crippen LogP contribution in [0.2, 0.25) is 0 Å². The normalized spacial score (nSPS) is 17.8. The Morgan fingerprint density at radius 1 is 1.12 bits per heavy atom. The lowest BCUT2D eigenvalue weighted by Gasteiger charge is -2.32. The Kier molecular flexibility index (Phi) is 5.27. The molecule has 1 aromatic heterocycles. The van der Waals surface area contributed by atoms with Crippen LogP contribution in [-0.2, 0) is 4.74 Å². The molecule has 128 valence electrons. The number of piperidine rings is 1. The first-order valence-corrected chi connectivity index (χ1v) is 8.55. The molecule has 1 aromatic carbocycles. The molecule has 2 aromatic rings. The van der Waals surface area contributed by atoms with Crippen molar-refractivity contribution in [2.45, 2.75) is 38.9 Å². The molecule has 3 nitrogen and oxygen atoms in total. The summed E-state index contributed by atoms with van der Waals surface area (Å²) in [6.45, 7) is 5.93. The lowest BCUT2D eigenvalue weighted by molar-refractivity contribution is -0.0263. The zero-order chi connectivity index (χ0) is 17.1. The number of nitrogens with zero attached hydrogens (tertiary/aromatic N) is 2. The molecule has 4 heteroatoms. The maximum absolute atomic E-state index is 14.6. The first-order chi connectivity index (χ1) is 11.5. The topological polar surface area (TPSA) is 25.4 Å². The van der Waals surface area contributed by atoms with Crippen molar-refractivity contribution in [2.24, 2.45) is 0 Å². The number of hydrogen-bond acceptors (Lipinski definition) is 3. The second-order valence-corrected chi connectivity index (χ2v) is 6.80. The summed E-state index contributed by atoms with van der Waals surface area (Å²) in [6.07, 6.45) is 3.37. The summed E-state index contributed by atoms with van der Waals surface area (Å²) in [5.41, 5.74) is 3.35. The van der Waals surface area contributed by atoms with Crippen LogP contribution in [0.1, 0.15) is 41.3 Å². The molecule has 0 unspecified atom stereocenters. The average molecular weight is 328 g/mol. The Morgan fingerprint density at radius 2 is 1.83 bits per heavy atom. The predicted molar refractivity (Wildman–Crippen MR) is 93.6 cm³/mol. The number of aromatic nitrogens is 1. The van der Waals surface area contributed by atoms with E-state index in [1.54, 1.807) is 12.3 Å². The van der Waals surface area contributed by atoms with E-state index in [1.165, 1.54) is 0 Å². The highest BCUT2D eigenvalue weighted by atomic mass is 19.1. The second-order valence-electron chi connectivity index (χ2n) is 6.80. The molecule has 0 aliphatic carbocycles. The summed E-state index contributed by atoms with van der Waals surface area (Å²) in [6, 6.07) is 9.25. The van der Waals surface area contributed by atoms with Gasteiger partial charge >= 0.3 is 0 Å². The molecule has 0 spiro atoms. The van der Waals surface area contributed by atoms with Crippen molar-refractivity contribution in [3.63, 3.8) is 0 Å². The Bertz CT molecular complexity index is 696. The highest BCUT2D eigenvalue weighted by molar-refractivity contribution is 5.31. The third kappa shape index (κ3) is 4.00. The molecule has 1 aliphatic rings. The molecule has 24 heavy (non-hydrogen) atoms. The van der Waals surface area contributed by atoms with Gasteiger partial charge in [-0.1, -0.05) is 12.1 Å². The van der Waals surface area contributed by atoms with E-state index in [0.29, 0.717) is 5.56 Å². The molecule has 0 bridgehead atoms. The van der Waals surface area contributed by atoms with Gasteiger partial charge in [-0.25, -0.2) is 4.39 Å². The van der Waals surface area contributed by atoms with Gasteiger partial charge in [-0.3, -0.25) is 4.98 Å². The van der Waals surface area contributed by atoms with Crippen molar-refractivity contribution in [2.75, 3.05) is 20.1 Å². The molecule has 0 radical (unpaired) electrons. The van der Waals surface area contributed by atoms with E-state index in [2.05, 4.69) is 16.9 Å². The number of ether oxygens (including phenoxy) is 1. The molecular formula is C20H25FN2O. The van der Waals surface area contributed by atoms with Crippen molar-refractivity contribution in [1.29, 1.82) is 0 Å². The number of pyridine rings is 1. The molecular weight excluding hydrogens is 303 g/mol. The van der Waals surface area contributed by atoms with E-state index in [-0.39, 0.29) is 11.9 Å². The maximum Gasteiger partial charge on any atom is 0.129 e. The van der Waals surface area contributed by atoms with Gasteiger partial charge in [0.15, 0.2) is 0 Å². The fraction of sp³-hybridized carbons (Fsp3) is 0.450. The molecule has 1 atom stereocenters. The Balaban J connectivity index is 1.91. The Hall–Kier alpha value is -1.78. The van der Waals surface area contributed by atoms with Crippen LogP contribution in [0.4, 0.5) is 4.39 Å². The zero-order valence-corrected chi connectivity index (χ0v) is 14.6. The van der Waals surface area contributed by atoms with Crippen molar-refractivity contribution in [3.8, 4) is 0 Å². The van der Waals surface area contributed by atoms with Crippen LogP contribution in [-0.4, -0.2) is 36.1 Å². The third-order valence-electron chi connectivity index (χ3n) is 4.64. The minimum Gasteiger partial charge on any atom is -0.364 e. The van der Waals surface area contributed by atoms with Crippen molar-refractivity contribution in [3.05, 3.63) is 64.7 Å². The van der Waals surface area contributed by atoms with E-state index >= 15 is 0 Å². The van der Waals surface area contributed by atoms with E-state index in [0.717, 1.165) is 42.8 Å². The van der Waals surface area contributed by atoms with E-state index in [9.17, 15) is 4.39 Å². The molecule has 1 fully saturated rings. The second kappa shape index (κ2) is 7.41. The van der Waals surface area contributed by atoms with Gasteiger partial charge in [-0.2, -0.15) is 0 Å². The minimum absolute atomic E-state index is 0.134. The number of rotatable bonds is 4. The minimum atomic E-state index is -0.459. The van der Waals surface area contributed by atoms with Gasteiger partial charge < -0.3 is 9.64 Å². The summed E-state index contributed by atoms with van der Waals surface area (Å²) in [5, 5.41) is 0. The van der Waals surface area contributed by atoms with Crippen LogP contribution in [0, 0.1) is 19.7 Å². The fourth-order valence-electron chi connectivity index (χ4n) is 3.16. The highest BCUT2D eigenvalue weighted by Gasteiger charge is 2.26. The zero-order valence-electron chi connectivity index (χ0n) is 14.6. The van der Waals surface area contributed by atoms with Crippen LogP contribution < -0.4 is 0 Å². The van der Waals surface area contributed by atoms with Crippen LogP contribution >= 0.6 is 0 Å². The summed E-state index contributed by atoms with van der Waals surface area (Å²) in [4.78, 5) is 6.76. The highest BCUT2D eigenvalue weighted by Crippen LogP contribution is 2.31. The van der Waals surface area contributed by atoms with Gasteiger partial charge in [0.25, 0.3) is 0 Å². The first-order valence-electron chi connectivity index (χ1n) is 8.55. The summed E-state index contributed by atoms with van der Waals surface area (Å²) in [7, 11) is 2.12. The predicted octanol–water partition coefficient (Wildman–Crippen LogP) is 4.04. The molecule has 0 saturated carbocycles. The number of likely N-dealkylation sites (tertiary alicyclic amines) is 1. The number of benzene rings is 1. The third-order valence-corrected chi connectivity index (χ3v) is 4.64. The standard InChI is InChI=1S/C20H25FN2O/c1-14-4-5-17(18(21)12-14)20(19-13-15(2)6-9-22-19)24-16-7-10-23(3)11-8-16/h4-6,9,12-13,16,20H,7-8,10-11H2,1-3H3/t20-/m0/s1. The van der Waals surface area contributed by atoms with Crippen molar-refractivity contribution >= 4 is 0 Å². The van der Waals surface area contributed by atoms with Crippen molar-refractivity contribution in [1.82, 2.24) is 9.88 Å². The van der Waals surface area contributed by atoms with Crippen LogP contribution in [0.25, 0.3) is 0 Å². The quantitative estimate of drug-likeness (QED) is 0.847. The van der Waals surface area contributed by atoms with E-state index in [4.69, 9.17) is 4.74 Å². The maximum atomic E-state index is 14.6. The van der Waals surface area contributed by atoms with Gasteiger partial charge in [0, 0.05) is 24.8 Å². The average Bonchev–Trinajstić information content (AvgIpc) is 2.55. The lowest BCUT2D eigenvalue weighted by Crippen LogP contribution is -2.35. The fourth-order valence-corrected chi connectivity index (χ4v) is 3.16. The first kappa shape index (κ1) is 17.1. The van der Waals surface area contributed by atoms with Gasteiger partial charge in [-0.15, -0.1) is 0 Å². The smallest absolute Gasteiger partial charge is 0.129 e. The Labute approximate surface area is 143 Å². The van der Waals surface area contributed by atoms with Gasteiger partial charge in [-0.05, 0) is 63.1 Å². The molecule has 0 N–H and O–H groups in total. The molecule has 3 rings (SSSR count). The molecule has 1 saturated heterocycles. The largest absolute Gasteiger partial charge is 0.364 e. The van der Waals surface area contributed by atoms with Gasteiger partial charge in [0.05, 0.1) is 11.8 Å². The van der Waals surface area contributed by atoms with E-state index in [1.807, 2.05) is 38.1 Å². The van der Waals surface area contributed by atoms with Crippen LogP contribution in [0.5, 0.6) is 0 Å². The SMILES string of the molecule is Cc1ccnc([C@@H](OC2CCN(C)CC2)c2ccc(C)cc2F)c1. The molecule has 0 amide bonds. The van der Waals surface area contributed by atoms with Gasteiger partial charge in [0.2, 0.25) is 0 Å². The number of aryl methyl sites for hydroxylation is 2. The van der Waals surface area contributed by atoms with Crippen molar-refractivity contribution < 1.29 is 9.13 Å². The Morgan fingerprint density at radius 3 is 2.50 bits per heavy atom. The number of halogens is 1.